The molecular weight excluding hydrogens is 246 g/mol. The molecule has 2 aromatic rings. The number of hydrogen-bond acceptors (Lipinski definition) is 6. The summed E-state index contributed by atoms with van der Waals surface area (Å²) < 4.78 is 0. The third kappa shape index (κ3) is 3.01. The molecule has 1 aromatic heterocycles. The molecule has 94 valence electrons. The van der Waals surface area contributed by atoms with Crippen molar-refractivity contribution in [3.8, 4) is 6.07 Å². The molecule has 0 bridgehead atoms. The van der Waals surface area contributed by atoms with Crippen LogP contribution in [0, 0.1) is 21.4 Å². The molecule has 0 saturated carbocycles. The van der Waals surface area contributed by atoms with Gasteiger partial charge in [0.05, 0.1) is 16.6 Å². The summed E-state index contributed by atoms with van der Waals surface area (Å²) in [4.78, 5) is 18.1. The van der Waals surface area contributed by atoms with E-state index in [1.807, 2.05) is 6.07 Å². The number of nitrogens with zero attached hydrogens (tertiary/aromatic N) is 4. The Bertz CT molecular complexity index is 636. The van der Waals surface area contributed by atoms with Crippen LogP contribution in [0.2, 0.25) is 0 Å². The summed E-state index contributed by atoms with van der Waals surface area (Å²) in [5, 5.41) is 22.6. The lowest BCUT2D eigenvalue weighted by molar-refractivity contribution is -0.384. The predicted molar refractivity (Wildman–Crippen MR) is 67.2 cm³/mol. The van der Waals surface area contributed by atoms with Crippen molar-refractivity contribution in [2.75, 3.05) is 5.32 Å². The molecule has 2 rings (SSSR count). The molecule has 0 unspecified atom stereocenters. The van der Waals surface area contributed by atoms with E-state index in [9.17, 15) is 10.1 Å². The molecule has 0 fully saturated rings. The van der Waals surface area contributed by atoms with Gasteiger partial charge in [0.2, 0.25) is 0 Å². The Hall–Kier alpha value is -3.01. The molecule has 1 N–H and O–H groups in total. The number of nitro benzene ring substituents is 1. The third-order valence-electron chi connectivity index (χ3n) is 2.42. The molecule has 0 aliphatic carbocycles. The lowest BCUT2D eigenvalue weighted by Gasteiger charge is -2.06. The molecule has 0 saturated heterocycles. The number of rotatable bonds is 4. The van der Waals surface area contributed by atoms with E-state index in [4.69, 9.17) is 5.26 Å². The Labute approximate surface area is 108 Å². The fraction of sp³-hybridized carbons (Fsp3) is 0.0833. The highest BCUT2D eigenvalue weighted by Gasteiger charge is 2.14. The van der Waals surface area contributed by atoms with Crippen molar-refractivity contribution < 1.29 is 4.92 Å². The van der Waals surface area contributed by atoms with Crippen LogP contribution in [0.1, 0.15) is 11.1 Å². The van der Waals surface area contributed by atoms with Crippen molar-refractivity contribution in [2.24, 2.45) is 0 Å². The molecular formula is C12H9N5O2. The Morgan fingerprint density at radius 3 is 2.74 bits per heavy atom. The second-order valence-electron chi connectivity index (χ2n) is 3.70. The normalized spacial score (nSPS) is 9.63. The quantitative estimate of drug-likeness (QED) is 0.660. The minimum atomic E-state index is -0.523. The molecule has 0 aliphatic rings. The van der Waals surface area contributed by atoms with Crippen LogP contribution < -0.4 is 5.32 Å². The predicted octanol–water partition coefficient (Wildman–Crippen LogP) is 1.87. The van der Waals surface area contributed by atoms with Crippen molar-refractivity contribution in [1.82, 2.24) is 9.97 Å². The van der Waals surface area contributed by atoms with Crippen LogP contribution in [-0.4, -0.2) is 14.9 Å². The second-order valence-corrected chi connectivity index (χ2v) is 3.70. The van der Waals surface area contributed by atoms with E-state index in [-0.39, 0.29) is 11.3 Å². The standard InChI is InChI=1S/C12H9N5O2/c13-4-9-1-2-11(12(3-9)17(18)19)16-7-10-5-14-8-15-6-10/h1-3,5-6,8,16H,7H2. The van der Waals surface area contributed by atoms with Gasteiger partial charge in [-0.05, 0) is 12.1 Å². The summed E-state index contributed by atoms with van der Waals surface area (Å²) in [5.41, 5.74) is 1.28. The van der Waals surface area contributed by atoms with Crippen molar-refractivity contribution in [2.45, 2.75) is 6.54 Å². The summed E-state index contributed by atoms with van der Waals surface area (Å²) in [6, 6.07) is 6.15. The highest BCUT2D eigenvalue weighted by Crippen LogP contribution is 2.25. The molecule has 0 spiro atoms. The highest BCUT2D eigenvalue weighted by atomic mass is 16.6. The minimum Gasteiger partial charge on any atom is -0.375 e. The monoisotopic (exact) mass is 255 g/mol. The number of anilines is 1. The zero-order valence-electron chi connectivity index (χ0n) is 9.78. The van der Waals surface area contributed by atoms with Crippen LogP contribution in [0.3, 0.4) is 0 Å². The topological polar surface area (TPSA) is 105 Å². The first-order valence-electron chi connectivity index (χ1n) is 5.37. The Morgan fingerprint density at radius 2 is 2.11 bits per heavy atom. The molecule has 0 aliphatic heterocycles. The zero-order chi connectivity index (χ0) is 13.7. The zero-order valence-corrected chi connectivity index (χ0v) is 9.78. The largest absolute Gasteiger partial charge is 0.375 e. The molecule has 0 amide bonds. The Morgan fingerprint density at radius 1 is 1.37 bits per heavy atom. The van der Waals surface area contributed by atoms with E-state index in [1.54, 1.807) is 12.4 Å². The van der Waals surface area contributed by atoms with Gasteiger partial charge in [-0.15, -0.1) is 0 Å². The van der Waals surface area contributed by atoms with Crippen LogP contribution in [0.25, 0.3) is 0 Å². The average molecular weight is 255 g/mol. The second kappa shape index (κ2) is 5.55. The first kappa shape index (κ1) is 12.4. The smallest absolute Gasteiger partial charge is 0.293 e. The van der Waals surface area contributed by atoms with Gasteiger partial charge >= 0.3 is 0 Å². The van der Waals surface area contributed by atoms with Crippen LogP contribution in [0.4, 0.5) is 11.4 Å². The minimum absolute atomic E-state index is 0.129. The number of benzene rings is 1. The van der Waals surface area contributed by atoms with Crippen molar-refractivity contribution in [3.05, 3.63) is 58.2 Å². The number of hydrogen-bond donors (Lipinski definition) is 1. The first-order valence-corrected chi connectivity index (χ1v) is 5.37. The third-order valence-corrected chi connectivity index (χ3v) is 2.42. The van der Waals surface area contributed by atoms with E-state index < -0.39 is 4.92 Å². The van der Waals surface area contributed by atoms with Crippen molar-refractivity contribution in [3.63, 3.8) is 0 Å². The van der Waals surface area contributed by atoms with Gasteiger partial charge in [-0.1, -0.05) is 0 Å². The fourth-order valence-corrected chi connectivity index (χ4v) is 1.52. The number of nitro groups is 1. The van der Waals surface area contributed by atoms with E-state index in [0.29, 0.717) is 12.2 Å². The summed E-state index contributed by atoms with van der Waals surface area (Å²) in [6.07, 6.45) is 4.65. The Kier molecular flexibility index (Phi) is 3.64. The van der Waals surface area contributed by atoms with Crippen molar-refractivity contribution >= 4 is 11.4 Å². The number of nitrogens with one attached hydrogen (secondary N) is 1. The first-order chi connectivity index (χ1) is 9.20. The van der Waals surface area contributed by atoms with Gasteiger partial charge in [-0.3, -0.25) is 10.1 Å². The highest BCUT2D eigenvalue weighted by molar-refractivity contribution is 5.64. The SMILES string of the molecule is N#Cc1ccc(NCc2cncnc2)c([N+](=O)[O-])c1. The van der Waals surface area contributed by atoms with Gasteiger partial charge in [-0.25, -0.2) is 9.97 Å². The summed E-state index contributed by atoms with van der Waals surface area (Å²) in [5.74, 6) is 0. The molecule has 0 atom stereocenters. The average Bonchev–Trinajstić information content (AvgIpc) is 2.46. The van der Waals surface area contributed by atoms with Crippen LogP contribution in [0.5, 0.6) is 0 Å². The van der Waals surface area contributed by atoms with Crippen molar-refractivity contribution in [1.29, 1.82) is 5.26 Å². The molecule has 1 heterocycles. The molecule has 19 heavy (non-hydrogen) atoms. The molecule has 7 nitrogen and oxygen atoms in total. The maximum atomic E-state index is 10.9. The van der Waals surface area contributed by atoms with Crippen LogP contribution in [-0.2, 0) is 6.54 Å². The number of nitriles is 1. The van der Waals surface area contributed by atoms with Gasteiger partial charge in [-0.2, -0.15) is 5.26 Å². The molecule has 0 radical (unpaired) electrons. The summed E-state index contributed by atoms with van der Waals surface area (Å²) in [7, 11) is 0. The summed E-state index contributed by atoms with van der Waals surface area (Å²) >= 11 is 0. The van der Waals surface area contributed by atoms with E-state index in [2.05, 4.69) is 15.3 Å². The lowest BCUT2D eigenvalue weighted by atomic mass is 10.2. The maximum absolute atomic E-state index is 10.9. The van der Waals surface area contributed by atoms with E-state index >= 15 is 0 Å². The maximum Gasteiger partial charge on any atom is 0.293 e. The van der Waals surface area contributed by atoms with Gasteiger partial charge < -0.3 is 5.32 Å². The van der Waals surface area contributed by atoms with Gasteiger partial charge in [0, 0.05) is 30.6 Å². The number of aromatic nitrogens is 2. The van der Waals surface area contributed by atoms with Gasteiger partial charge in [0.1, 0.15) is 12.0 Å². The molecule has 7 heteroatoms. The van der Waals surface area contributed by atoms with Gasteiger partial charge in [0.25, 0.3) is 5.69 Å². The van der Waals surface area contributed by atoms with E-state index in [1.165, 1.54) is 24.5 Å². The molecule has 1 aromatic carbocycles. The van der Waals surface area contributed by atoms with E-state index in [0.717, 1.165) is 5.56 Å². The summed E-state index contributed by atoms with van der Waals surface area (Å²) in [6.45, 7) is 0.369. The lowest BCUT2D eigenvalue weighted by Crippen LogP contribution is -2.03. The van der Waals surface area contributed by atoms with Gasteiger partial charge in [0.15, 0.2) is 0 Å². The Balaban J connectivity index is 2.21. The van der Waals surface area contributed by atoms with Crippen LogP contribution >= 0.6 is 0 Å². The van der Waals surface area contributed by atoms with Crippen LogP contribution in [0.15, 0.2) is 36.9 Å². The fourth-order valence-electron chi connectivity index (χ4n) is 1.52.